The van der Waals surface area contributed by atoms with Crippen LogP contribution in [0.1, 0.15) is 33.6 Å². The van der Waals surface area contributed by atoms with Crippen LogP contribution in [0, 0.1) is 5.41 Å². The lowest BCUT2D eigenvalue weighted by Gasteiger charge is -2.30. The molecule has 0 heterocycles. The van der Waals surface area contributed by atoms with Gasteiger partial charge in [0.1, 0.15) is 0 Å². The van der Waals surface area contributed by atoms with E-state index >= 15 is 0 Å². The number of hydrogen-bond donors (Lipinski definition) is 1. The molecular formula is C10H23NO. The highest BCUT2D eigenvalue weighted by Crippen LogP contribution is 2.25. The van der Waals surface area contributed by atoms with Crippen LogP contribution in [0.4, 0.5) is 0 Å². The normalized spacial score (nSPS) is 12.0. The molecule has 0 radical (unpaired) electrons. The topological polar surface area (TPSA) is 21.3 Å². The fourth-order valence-electron chi connectivity index (χ4n) is 1.45. The summed E-state index contributed by atoms with van der Waals surface area (Å²) in [6.07, 6.45) is 2.37. The molecule has 2 nitrogen and oxygen atoms in total. The zero-order chi connectivity index (χ0) is 9.45. The van der Waals surface area contributed by atoms with Gasteiger partial charge >= 0.3 is 0 Å². The molecule has 12 heavy (non-hydrogen) atoms. The molecule has 1 N–H and O–H groups in total. The molecule has 0 aliphatic rings. The molecule has 0 saturated carbocycles. The molecule has 0 aromatic carbocycles. The van der Waals surface area contributed by atoms with Gasteiger partial charge in [-0.15, -0.1) is 0 Å². The lowest BCUT2D eigenvalue weighted by molar-refractivity contribution is 0.0720. The molecule has 0 bridgehead atoms. The van der Waals surface area contributed by atoms with Crippen molar-refractivity contribution in [2.75, 3.05) is 26.8 Å². The standard InChI is InChI=1S/C10H23NO/c1-5-10(6-2,9-12-4)8-11-7-3/h11H,5-9H2,1-4H3. The van der Waals surface area contributed by atoms with Gasteiger partial charge in [0.15, 0.2) is 0 Å². The molecule has 0 saturated heterocycles. The molecule has 0 unspecified atom stereocenters. The van der Waals surface area contributed by atoms with E-state index in [1.54, 1.807) is 7.11 Å². The van der Waals surface area contributed by atoms with Gasteiger partial charge in [0.2, 0.25) is 0 Å². The summed E-state index contributed by atoms with van der Waals surface area (Å²) in [7, 11) is 1.78. The summed E-state index contributed by atoms with van der Waals surface area (Å²) in [6, 6.07) is 0. The maximum absolute atomic E-state index is 5.25. The summed E-state index contributed by atoms with van der Waals surface area (Å²) >= 11 is 0. The van der Waals surface area contributed by atoms with E-state index in [-0.39, 0.29) is 0 Å². The van der Waals surface area contributed by atoms with Crippen LogP contribution in [-0.2, 0) is 4.74 Å². The lowest BCUT2D eigenvalue weighted by Crippen LogP contribution is -2.37. The second-order valence-corrected chi connectivity index (χ2v) is 3.42. The van der Waals surface area contributed by atoms with Crippen LogP contribution >= 0.6 is 0 Å². The zero-order valence-electron chi connectivity index (χ0n) is 8.94. The Morgan fingerprint density at radius 1 is 1.17 bits per heavy atom. The third-order valence-corrected chi connectivity index (χ3v) is 2.70. The average Bonchev–Trinajstić information content (AvgIpc) is 2.13. The van der Waals surface area contributed by atoms with Crippen molar-refractivity contribution < 1.29 is 4.74 Å². The number of ether oxygens (including phenoxy) is 1. The largest absolute Gasteiger partial charge is 0.384 e. The van der Waals surface area contributed by atoms with Crippen LogP contribution in [0.3, 0.4) is 0 Å². The number of rotatable bonds is 7. The van der Waals surface area contributed by atoms with E-state index < -0.39 is 0 Å². The van der Waals surface area contributed by atoms with Crippen LogP contribution in [0.15, 0.2) is 0 Å². The summed E-state index contributed by atoms with van der Waals surface area (Å²) in [5.41, 5.74) is 0.352. The minimum Gasteiger partial charge on any atom is -0.384 e. The van der Waals surface area contributed by atoms with Gasteiger partial charge in [-0.3, -0.25) is 0 Å². The Hall–Kier alpha value is -0.0800. The predicted molar refractivity (Wildman–Crippen MR) is 53.4 cm³/mol. The Morgan fingerprint density at radius 2 is 1.75 bits per heavy atom. The van der Waals surface area contributed by atoms with Gasteiger partial charge in [0.25, 0.3) is 0 Å². The van der Waals surface area contributed by atoms with Crippen molar-refractivity contribution in [1.82, 2.24) is 5.32 Å². The van der Waals surface area contributed by atoms with Crippen LogP contribution in [0.25, 0.3) is 0 Å². The Kier molecular flexibility index (Phi) is 6.39. The summed E-state index contributed by atoms with van der Waals surface area (Å²) < 4.78 is 5.25. The van der Waals surface area contributed by atoms with E-state index in [4.69, 9.17) is 4.74 Å². The lowest BCUT2D eigenvalue weighted by atomic mass is 9.83. The first-order chi connectivity index (χ1) is 5.74. The van der Waals surface area contributed by atoms with Gasteiger partial charge in [-0.25, -0.2) is 0 Å². The van der Waals surface area contributed by atoms with Gasteiger partial charge in [-0.05, 0) is 19.4 Å². The fourth-order valence-corrected chi connectivity index (χ4v) is 1.45. The van der Waals surface area contributed by atoms with Crippen LogP contribution in [0.2, 0.25) is 0 Å². The molecular weight excluding hydrogens is 150 g/mol. The maximum Gasteiger partial charge on any atom is 0.0530 e. The third kappa shape index (κ3) is 3.55. The SMILES string of the molecule is CCNCC(CC)(CC)COC. The molecule has 0 atom stereocenters. The summed E-state index contributed by atoms with van der Waals surface area (Å²) in [5.74, 6) is 0. The van der Waals surface area contributed by atoms with Crippen molar-refractivity contribution in [3.8, 4) is 0 Å². The van der Waals surface area contributed by atoms with E-state index in [9.17, 15) is 0 Å². The molecule has 0 aliphatic carbocycles. The molecule has 0 rings (SSSR count). The van der Waals surface area contributed by atoms with Crippen LogP contribution in [-0.4, -0.2) is 26.8 Å². The average molecular weight is 173 g/mol. The van der Waals surface area contributed by atoms with Crippen molar-refractivity contribution in [3.63, 3.8) is 0 Å². The Bertz CT molecular complexity index is 100. The van der Waals surface area contributed by atoms with E-state index in [2.05, 4.69) is 26.1 Å². The zero-order valence-corrected chi connectivity index (χ0v) is 8.94. The van der Waals surface area contributed by atoms with Crippen molar-refractivity contribution in [1.29, 1.82) is 0 Å². The highest BCUT2D eigenvalue weighted by atomic mass is 16.5. The first kappa shape index (κ1) is 11.9. The van der Waals surface area contributed by atoms with E-state index in [0.717, 1.165) is 19.7 Å². The highest BCUT2D eigenvalue weighted by molar-refractivity contribution is 4.78. The maximum atomic E-state index is 5.25. The van der Waals surface area contributed by atoms with Gasteiger partial charge in [-0.1, -0.05) is 20.8 Å². The second kappa shape index (κ2) is 6.44. The molecule has 0 aliphatic heterocycles. The number of nitrogens with one attached hydrogen (secondary N) is 1. The molecule has 0 aromatic rings. The Morgan fingerprint density at radius 3 is 2.08 bits per heavy atom. The number of hydrogen-bond acceptors (Lipinski definition) is 2. The van der Waals surface area contributed by atoms with Gasteiger partial charge in [0.05, 0.1) is 6.61 Å². The smallest absolute Gasteiger partial charge is 0.0530 e. The number of methoxy groups -OCH3 is 1. The van der Waals surface area contributed by atoms with E-state index in [0.29, 0.717) is 5.41 Å². The van der Waals surface area contributed by atoms with Gasteiger partial charge in [0, 0.05) is 19.1 Å². The van der Waals surface area contributed by atoms with E-state index in [1.165, 1.54) is 12.8 Å². The fraction of sp³-hybridized carbons (Fsp3) is 1.00. The predicted octanol–water partition coefficient (Wildman–Crippen LogP) is 2.05. The first-order valence-electron chi connectivity index (χ1n) is 4.94. The third-order valence-electron chi connectivity index (χ3n) is 2.70. The first-order valence-corrected chi connectivity index (χ1v) is 4.94. The molecule has 74 valence electrons. The van der Waals surface area contributed by atoms with Gasteiger partial charge < -0.3 is 10.1 Å². The summed E-state index contributed by atoms with van der Waals surface area (Å²) in [5, 5.41) is 3.40. The van der Waals surface area contributed by atoms with Crippen molar-refractivity contribution >= 4 is 0 Å². The van der Waals surface area contributed by atoms with Crippen LogP contribution < -0.4 is 5.32 Å². The minimum atomic E-state index is 0.352. The second-order valence-electron chi connectivity index (χ2n) is 3.42. The summed E-state index contributed by atoms with van der Waals surface area (Å²) in [4.78, 5) is 0. The Labute approximate surface area is 76.7 Å². The molecule has 0 fully saturated rings. The molecule has 0 amide bonds. The van der Waals surface area contributed by atoms with Crippen molar-refractivity contribution in [2.45, 2.75) is 33.6 Å². The minimum absolute atomic E-state index is 0.352. The van der Waals surface area contributed by atoms with Crippen LogP contribution in [0.5, 0.6) is 0 Å². The summed E-state index contributed by atoms with van der Waals surface area (Å²) in [6.45, 7) is 9.60. The van der Waals surface area contributed by atoms with Gasteiger partial charge in [-0.2, -0.15) is 0 Å². The highest BCUT2D eigenvalue weighted by Gasteiger charge is 2.24. The van der Waals surface area contributed by atoms with Crippen molar-refractivity contribution in [3.05, 3.63) is 0 Å². The molecule has 0 spiro atoms. The molecule has 2 heteroatoms. The molecule has 0 aromatic heterocycles. The monoisotopic (exact) mass is 173 g/mol. The van der Waals surface area contributed by atoms with Crippen molar-refractivity contribution in [2.24, 2.45) is 5.41 Å². The quantitative estimate of drug-likeness (QED) is 0.636. The van der Waals surface area contributed by atoms with E-state index in [1.807, 2.05) is 0 Å². The Balaban J connectivity index is 3.95.